The normalized spacial score (nSPS) is 13.7. The molecule has 7 heteroatoms. The molecule has 130 valence electrons. The molecule has 0 radical (unpaired) electrons. The third-order valence-electron chi connectivity index (χ3n) is 4.02. The third-order valence-corrected chi connectivity index (χ3v) is 4.02. The number of rotatable bonds is 3. The molecule has 0 fully saturated rings. The van der Waals surface area contributed by atoms with E-state index in [0.29, 0.717) is 22.5 Å². The van der Waals surface area contributed by atoms with Crippen LogP contribution >= 0.6 is 0 Å². The molecule has 2 aromatic carbocycles. The Morgan fingerprint density at radius 2 is 1.96 bits per heavy atom. The summed E-state index contributed by atoms with van der Waals surface area (Å²) >= 11 is 0. The number of hydrogen-bond acceptors (Lipinski definition) is 4. The fraction of sp³-hybridized carbons (Fsp3) is 0.158. The number of amides is 3. The molecule has 3 amide bonds. The number of para-hydroxylation sites is 1. The van der Waals surface area contributed by atoms with Crippen LogP contribution in [0.25, 0.3) is 0 Å². The fourth-order valence-corrected chi connectivity index (χ4v) is 2.77. The Morgan fingerprint density at radius 1 is 1.19 bits per heavy atom. The van der Waals surface area contributed by atoms with Crippen LogP contribution < -0.4 is 10.2 Å². The summed E-state index contributed by atoms with van der Waals surface area (Å²) in [6.07, 6.45) is 0. The van der Waals surface area contributed by atoms with E-state index in [-0.39, 0.29) is 24.9 Å². The maximum atomic E-state index is 12.5. The second-order valence-corrected chi connectivity index (χ2v) is 5.90. The SMILES string of the molecule is CN1CC(=O)N(CC(=O)Nc2cccc(C#N)c2)c2ccccc2C1=O. The number of nitriles is 1. The van der Waals surface area contributed by atoms with E-state index in [4.69, 9.17) is 5.26 Å². The van der Waals surface area contributed by atoms with Gasteiger partial charge in [0, 0.05) is 12.7 Å². The molecule has 1 heterocycles. The van der Waals surface area contributed by atoms with Crippen LogP contribution in [0.15, 0.2) is 48.5 Å². The summed E-state index contributed by atoms with van der Waals surface area (Å²) in [5.74, 6) is -1.02. The highest BCUT2D eigenvalue weighted by Crippen LogP contribution is 2.25. The van der Waals surface area contributed by atoms with Crippen LogP contribution in [0.1, 0.15) is 15.9 Å². The van der Waals surface area contributed by atoms with Crippen LogP contribution in [0.5, 0.6) is 0 Å². The molecule has 0 bridgehead atoms. The van der Waals surface area contributed by atoms with E-state index in [1.807, 2.05) is 6.07 Å². The maximum absolute atomic E-state index is 12.5. The quantitative estimate of drug-likeness (QED) is 0.912. The molecule has 0 atom stereocenters. The van der Waals surface area contributed by atoms with E-state index in [1.54, 1.807) is 55.6 Å². The number of carbonyl (C=O) groups excluding carboxylic acids is 3. The van der Waals surface area contributed by atoms with Gasteiger partial charge in [-0.3, -0.25) is 14.4 Å². The molecule has 0 saturated heterocycles. The predicted molar refractivity (Wildman–Crippen MR) is 95.5 cm³/mol. The van der Waals surface area contributed by atoms with Crippen LogP contribution in [0.4, 0.5) is 11.4 Å². The van der Waals surface area contributed by atoms with Crippen molar-refractivity contribution in [1.29, 1.82) is 5.26 Å². The van der Waals surface area contributed by atoms with Crippen molar-refractivity contribution in [3.05, 3.63) is 59.7 Å². The summed E-state index contributed by atoms with van der Waals surface area (Å²) in [5.41, 5.74) is 1.68. The van der Waals surface area contributed by atoms with Gasteiger partial charge in [-0.15, -0.1) is 0 Å². The number of nitrogens with one attached hydrogen (secondary N) is 1. The summed E-state index contributed by atoms with van der Waals surface area (Å²) < 4.78 is 0. The number of fused-ring (bicyclic) bond motifs is 1. The van der Waals surface area contributed by atoms with Gasteiger partial charge in [0.2, 0.25) is 11.8 Å². The monoisotopic (exact) mass is 348 g/mol. The van der Waals surface area contributed by atoms with Gasteiger partial charge in [0.05, 0.1) is 22.9 Å². The van der Waals surface area contributed by atoms with E-state index in [0.717, 1.165) is 0 Å². The Balaban J connectivity index is 1.84. The molecule has 0 saturated carbocycles. The van der Waals surface area contributed by atoms with Crippen molar-refractivity contribution in [2.75, 3.05) is 30.4 Å². The highest BCUT2D eigenvalue weighted by molar-refractivity contribution is 6.12. The molecule has 7 nitrogen and oxygen atoms in total. The van der Waals surface area contributed by atoms with Crippen LogP contribution in [-0.4, -0.2) is 42.8 Å². The second kappa shape index (κ2) is 7.07. The number of nitrogens with zero attached hydrogens (tertiary/aromatic N) is 3. The first kappa shape index (κ1) is 17.2. The zero-order valence-corrected chi connectivity index (χ0v) is 14.1. The summed E-state index contributed by atoms with van der Waals surface area (Å²) in [5, 5.41) is 11.6. The minimum atomic E-state index is -0.416. The van der Waals surface area contributed by atoms with Gasteiger partial charge < -0.3 is 15.1 Å². The predicted octanol–water partition coefficient (Wildman–Crippen LogP) is 1.62. The molecule has 26 heavy (non-hydrogen) atoms. The van der Waals surface area contributed by atoms with Crippen molar-refractivity contribution in [3.63, 3.8) is 0 Å². The lowest BCUT2D eigenvalue weighted by molar-refractivity contribution is -0.121. The Labute approximate surface area is 150 Å². The lowest BCUT2D eigenvalue weighted by Gasteiger charge is -2.21. The van der Waals surface area contributed by atoms with Gasteiger partial charge in [0.1, 0.15) is 13.1 Å². The molecule has 2 aromatic rings. The summed E-state index contributed by atoms with van der Waals surface area (Å²) in [6, 6.07) is 15.2. The van der Waals surface area contributed by atoms with Gasteiger partial charge in [-0.05, 0) is 30.3 Å². The molecule has 3 rings (SSSR count). The first-order valence-electron chi connectivity index (χ1n) is 7.94. The lowest BCUT2D eigenvalue weighted by atomic mass is 10.1. The van der Waals surface area contributed by atoms with Gasteiger partial charge in [-0.1, -0.05) is 18.2 Å². The Kier molecular flexibility index (Phi) is 4.67. The number of carbonyl (C=O) groups is 3. The summed E-state index contributed by atoms with van der Waals surface area (Å²) in [6.45, 7) is -0.335. The number of benzene rings is 2. The molecule has 0 aliphatic carbocycles. The molecule has 1 aliphatic rings. The van der Waals surface area contributed by atoms with E-state index < -0.39 is 5.91 Å². The lowest BCUT2D eigenvalue weighted by Crippen LogP contribution is -2.41. The van der Waals surface area contributed by atoms with E-state index in [9.17, 15) is 14.4 Å². The number of likely N-dealkylation sites (N-methyl/N-ethyl adjacent to an activating group) is 1. The van der Waals surface area contributed by atoms with E-state index >= 15 is 0 Å². The Morgan fingerprint density at radius 3 is 2.73 bits per heavy atom. The number of anilines is 2. The molecule has 1 N–H and O–H groups in total. The number of hydrogen-bond donors (Lipinski definition) is 1. The molecular formula is C19H16N4O3. The van der Waals surface area contributed by atoms with Crippen molar-refractivity contribution < 1.29 is 14.4 Å². The average molecular weight is 348 g/mol. The van der Waals surface area contributed by atoms with E-state index in [1.165, 1.54) is 9.80 Å². The molecule has 1 aliphatic heterocycles. The first-order valence-corrected chi connectivity index (χ1v) is 7.94. The molecule has 0 spiro atoms. The van der Waals surface area contributed by atoms with Crippen LogP contribution in [0.3, 0.4) is 0 Å². The maximum Gasteiger partial charge on any atom is 0.256 e. The Hall–Kier alpha value is -3.66. The topological polar surface area (TPSA) is 93.5 Å². The summed E-state index contributed by atoms with van der Waals surface area (Å²) in [7, 11) is 1.55. The second-order valence-electron chi connectivity index (χ2n) is 5.90. The average Bonchev–Trinajstić information content (AvgIpc) is 2.73. The third kappa shape index (κ3) is 3.39. The Bertz CT molecular complexity index is 932. The van der Waals surface area contributed by atoms with Gasteiger partial charge in [0.25, 0.3) is 5.91 Å². The minimum absolute atomic E-state index is 0.106. The van der Waals surface area contributed by atoms with Gasteiger partial charge in [-0.2, -0.15) is 5.26 Å². The van der Waals surface area contributed by atoms with Crippen molar-refractivity contribution >= 4 is 29.1 Å². The standard InChI is InChI=1S/C19H16N4O3/c1-22-12-18(25)23(16-8-3-2-7-15(16)19(22)26)11-17(24)21-14-6-4-5-13(9-14)10-20/h2-9H,11-12H2,1H3,(H,21,24). The highest BCUT2D eigenvalue weighted by Gasteiger charge is 2.30. The summed E-state index contributed by atoms with van der Waals surface area (Å²) in [4.78, 5) is 40.0. The van der Waals surface area contributed by atoms with Crippen molar-refractivity contribution in [2.45, 2.75) is 0 Å². The fourth-order valence-electron chi connectivity index (χ4n) is 2.77. The van der Waals surface area contributed by atoms with Crippen molar-refractivity contribution in [2.24, 2.45) is 0 Å². The highest BCUT2D eigenvalue weighted by atomic mass is 16.2. The largest absolute Gasteiger partial charge is 0.332 e. The van der Waals surface area contributed by atoms with Gasteiger partial charge >= 0.3 is 0 Å². The minimum Gasteiger partial charge on any atom is -0.332 e. The van der Waals surface area contributed by atoms with Gasteiger partial charge in [-0.25, -0.2) is 0 Å². The first-order chi connectivity index (χ1) is 12.5. The van der Waals surface area contributed by atoms with Crippen LogP contribution in [-0.2, 0) is 9.59 Å². The molecule has 0 aromatic heterocycles. The van der Waals surface area contributed by atoms with Crippen molar-refractivity contribution in [1.82, 2.24) is 4.90 Å². The molecular weight excluding hydrogens is 332 g/mol. The van der Waals surface area contributed by atoms with Crippen LogP contribution in [0.2, 0.25) is 0 Å². The smallest absolute Gasteiger partial charge is 0.256 e. The van der Waals surface area contributed by atoms with Crippen LogP contribution in [0, 0.1) is 11.3 Å². The van der Waals surface area contributed by atoms with Crippen molar-refractivity contribution in [3.8, 4) is 6.07 Å². The van der Waals surface area contributed by atoms with E-state index in [2.05, 4.69) is 5.32 Å². The van der Waals surface area contributed by atoms with Gasteiger partial charge in [0.15, 0.2) is 0 Å². The zero-order chi connectivity index (χ0) is 18.7. The molecule has 0 unspecified atom stereocenters. The zero-order valence-electron chi connectivity index (χ0n) is 14.1.